The highest BCUT2D eigenvalue weighted by atomic mass is 16.5. The number of hydrogen-bond donors (Lipinski definition) is 1. The van der Waals surface area contributed by atoms with Gasteiger partial charge in [-0.1, -0.05) is 26.7 Å². The molecule has 14 heavy (non-hydrogen) atoms. The van der Waals surface area contributed by atoms with Gasteiger partial charge in [0.15, 0.2) is 0 Å². The zero-order valence-electron chi connectivity index (χ0n) is 9.94. The van der Waals surface area contributed by atoms with Crippen LogP contribution < -0.4 is 5.32 Å². The van der Waals surface area contributed by atoms with Crippen molar-refractivity contribution < 1.29 is 4.74 Å². The van der Waals surface area contributed by atoms with Gasteiger partial charge in [0.1, 0.15) is 0 Å². The summed E-state index contributed by atoms with van der Waals surface area (Å²) in [4.78, 5) is 0. The van der Waals surface area contributed by atoms with E-state index in [1.807, 2.05) is 7.05 Å². The van der Waals surface area contributed by atoms with Gasteiger partial charge in [-0.15, -0.1) is 0 Å². The second-order valence-corrected chi connectivity index (χ2v) is 4.76. The van der Waals surface area contributed by atoms with Crippen molar-refractivity contribution in [2.75, 3.05) is 20.2 Å². The first-order valence-electron chi connectivity index (χ1n) is 6.01. The molecule has 2 unspecified atom stereocenters. The molecule has 84 valence electrons. The van der Waals surface area contributed by atoms with Gasteiger partial charge in [0.2, 0.25) is 0 Å². The molecule has 0 saturated heterocycles. The van der Waals surface area contributed by atoms with Crippen LogP contribution in [0.4, 0.5) is 0 Å². The molecule has 0 amide bonds. The lowest BCUT2D eigenvalue weighted by atomic mass is 9.78. The van der Waals surface area contributed by atoms with Crippen LogP contribution in [0.3, 0.4) is 0 Å². The van der Waals surface area contributed by atoms with Crippen molar-refractivity contribution in [3.63, 3.8) is 0 Å². The third-order valence-electron chi connectivity index (χ3n) is 3.16. The maximum atomic E-state index is 6.07. The molecule has 0 spiro atoms. The maximum absolute atomic E-state index is 6.07. The van der Waals surface area contributed by atoms with E-state index in [1.165, 1.54) is 25.7 Å². The molecule has 0 bridgehead atoms. The molecule has 2 atom stereocenters. The number of likely N-dealkylation sites (N-methyl/N-ethyl adjacent to an activating group) is 1. The minimum atomic E-state index is 0.141. The largest absolute Gasteiger partial charge is 0.374 e. The molecule has 0 heterocycles. The van der Waals surface area contributed by atoms with E-state index in [9.17, 15) is 0 Å². The Bertz CT molecular complexity index is 156. The van der Waals surface area contributed by atoms with Gasteiger partial charge < -0.3 is 10.1 Å². The zero-order chi connectivity index (χ0) is 10.4. The van der Waals surface area contributed by atoms with Gasteiger partial charge in [0.05, 0.1) is 5.60 Å². The average molecular weight is 199 g/mol. The summed E-state index contributed by atoms with van der Waals surface area (Å²) in [6.07, 6.45) is 6.29. The van der Waals surface area contributed by atoms with Crippen molar-refractivity contribution in [1.82, 2.24) is 5.32 Å². The molecule has 2 nitrogen and oxygen atoms in total. The van der Waals surface area contributed by atoms with Crippen LogP contribution >= 0.6 is 0 Å². The minimum absolute atomic E-state index is 0.141. The molecular formula is C12H25NO. The normalized spacial score (nSPS) is 33.2. The summed E-state index contributed by atoms with van der Waals surface area (Å²) in [6.45, 7) is 6.45. The Morgan fingerprint density at radius 2 is 2.29 bits per heavy atom. The molecule has 0 aromatic carbocycles. The van der Waals surface area contributed by atoms with E-state index >= 15 is 0 Å². The Morgan fingerprint density at radius 1 is 1.50 bits per heavy atom. The van der Waals surface area contributed by atoms with Crippen LogP contribution in [0.1, 0.15) is 46.0 Å². The van der Waals surface area contributed by atoms with Crippen LogP contribution in [0.2, 0.25) is 0 Å². The second-order valence-electron chi connectivity index (χ2n) is 4.76. The van der Waals surface area contributed by atoms with Crippen molar-refractivity contribution in [3.05, 3.63) is 0 Å². The number of nitrogens with one attached hydrogen (secondary N) is 1. The van der Waals surface area contributed by atoms with E-state index in [4.69, 9.17) is 4.74 Å². The third kappa shape index (κ3) is 3.25. The molecule has 1 rings (SSSR count). The Kier molecular flexibility index (Phi) is 4.90. The third-order valence-corrected chi connectivity index (χ3v) is 3.16. The summed E-state index contributed by atoms with van der Waals surface area (Å²) in [5, 5.41) is 3.28. The predicted octanol–water partition coefficient (Wildman–Crippen LogP) is 2.58. The smallest absolute Gasteiger partial charge is 0.0808 e. The van der Waals surface area contributed by atoms with E-state index in [-0.39, 0.29) is 5.60 Å². The lowest BCUT2D eigenvalue weighted by molar-refractivity contribution is -0.0780. The van der Waals surface area contributed by atoms with Gasteiger partial charge in [-0.05, 0) is 32.2 Å². The van der Waals surface area contributed by atoms with Gasteiger partial charge in [-0.3, -0.25) is 0 Å². The Labute approximate surface area is 88.4 Å². The zero-order valence-corrected chi connectivity index (χ0v) is 9.94. The van der Waals surface area contributed by atoms with Crippen molar-refractivity contribution in [2.24, 2.45) is 5.92 Å². The first-order valence-corrected chi connectivity index (χ1v) is 6.01. The molecule has 0 radical (unpaired) electrons. The van der Waals surface area contributed by atoms with Gasteiger partial charge in [0, 0.05) is 13.2 Å². The van der Waals surface area contributed by atoms with Crippen molar-refractivity contribution in [3.8, 4) is 0 Å². The van der Waals surface area contributed by atoms with Gasteiger partial charge in [-0.25, -0.2) is 0 Å². The van der Waals surface area contributed by atoms with Crippen LogP contribution in [-0.2, 0) is 4.74 Å². The first-order chi connectivity index (χ1) is 6.72. The molecule has 1 N–H and O–H groups in total. The van der Waals surface area contributed by atoms with Crippen LogP contribution in [0, 0.1) is 5.92 Å². The van der Waals surface area contributed by atoms with Gasteiger partial charge >= 0.3 is 0 Å². The highest BCUT2D eigenvalue weighted by molar-refractivity contribution is 4.88. The molecule has 1 saturated carbocycles. The number of rotatable bonds is 5. The van der Waals surface area contributed by atoms with Crippen molar-refractivity contribution >= 4 is 0 Å². The molecule has 1 aliphatic rings. The Balaban J connectivity index is 2.50. The van der Waals surface area contributed by atoms with Crippen LogP contribution in [0.5, 0.6) is 0 Å². The molecule has 0 aromatic heterocycles. The van der Waals surface area contributed by atoms with E-state index in [2.05, 4.69) is 19.2 Å². The van der Waals surface area contributed by atoms with Crippen LogP contribution in [-0.4, -0.2) is 25.8 Å². The summed E-state index contributed by atoms with van der Waals surface area (Å²) in [7, 11) is 2.02. The van der Waals surface area contributed by atoms with Crippen molar-refractivity contribution in [1.29, 1.82) is 0 Å². The molecule has 0 aromatic rings. The average Bonchev–Trinajstić information content (AvgIpc) is 2.15. The monoisotopic (exact) mass is 199 g/mol. The molecular weight excluding hydrogens is 174 g/mol. The quantitative estimate of drug-likeness (QED) is 0.735. The van der Waals surface area contributed by atoms with E-state index < -0.39 is 0 Å². The van der Waals surface area contributed by atoms with E-state index in [0.717, 1.165) is 25.5 Å². The SMILES string of the molecule is CCCOC1(CNC)CCCC(C)C1. The molecule has 1 fully saturated rings. The highest BCUT2D eigenvalue weighted by Crippen LogP contribution is 2.34. The standard InChI is InChI=1S/C12H25NO/c1-4-8-14-12(10-13-3)7-5-6-11(2)9-12/h11,13H,4-10H2,1-3H3. The lowest BCUT2D eigenvalue weighted by Gasteiger charge is -2.40. The van der Waals surface area contributed by atoms with E-state index in [0.29, 0.717) is 0 Å². The highest BCUT2D eigenvalue weighted by Gasteiger charge is 2.34. The Hall–Kier alpha value is -0.0800. The maximum Gasteiger partial charge on any atom is 0.0808 e. The summed E-state index contributed by atoms with van der Waals surface area (Å²) in [5.41, 5.74) is 0.141. The number of hydrogen-bond acceptors (Lipinski definition) is 2. The fourth-order valence-corrected chi connectivity index (χ4v) is 2.60. The fourth-order valence-electron chi connectivity index (χ4n) is 2.60. The minimum Gasteiger partial charge on any atom is -0.374 e. The molecule has 1 aliphatic carbocycles. The summed E-state index contributed by atoms with van der Waals surface area (Å²) >= 11 is 0. The van der Waals surface area contributed by atoms with Crippen LogP contribution in [0.15, 0.2) is 0 Å². The lowest BCUT2D eigenvalue weighted by Crippen LogP contribution is -2.45. The van der Waals surface area contributed by atoms with Gasteiger partial charge in [0.25, 0.3) is 0 Å². The summed E-state index contributed by atoms with van der Waals surface area (Å²) in [6, 6.07) is 0. The van der Waals surface area contributed by atoms with E-state index in [1.54, 1.807) is 0 Å². The fraction of sp³-hybridized carbons (Fsp3) is 1.00. The van der Waals surface area contributed by atoms with Crippen LogP contribution in [0.25, 0.3) is 0 Å². The molecule has 0 aliphatic heterocycles. The number of ether oxygens (including phenoxy) is 1. The first kappa shape index (κ1) is 12.0. The van der Waals surface area contributed by atoms with Crippen molar-refractivity contribution in [2.45, 2.75) is 51.6 Å². The topological polar surface area (TPSA) is 21.3 Å². The summed E-state index contributed by atoms with van der Waals surface area (Å²) in [5.74, 6) is 0.828. The second kappa shape index (κ2) is 5.72. The molecule has 2 heteroatoms. The van der Waals surface area contributed by atoms with Gasteiger partial charge in [-0.2, -0.15) is 0 Å². The summed E-state index contributed by atoms with van der Waals surface area (Å²) < 4.78 is 6.07. The predicted molar refractivity (Wildman–Crippen MR) is 60.5 cm³/mol. The Morgan fingerprint density at radius 3 is 2.86 bits per heavy atom.